The molecule has 0 N–H and O–H groups in total. The van der Waals surface area contributed by atoms with Gasteiger partial charge < -0.3 is 9.47 Å². The minimum absolute atomic E-state index is 0.626. The quantitative estimate of drug-likeness (QED) is 0.372. The van der Waals surface area contributed by atoms with Crippen molar-refractivity contribution in [1.29, 1.82) is 0 Å². The summed E-state index contributed by atoms with van der Waals surface area (Å²) in [5.41, 5.74) is 1.27. The molecule has 0 bridgehead atoms. The minimum Gasteiger partial charge on any atom is -0.377 e. The van der Waals surface area contributed by atoms with Crippen molar-refractivity contribution in [2.45, 2.75) is 70.5 Å². The maximum atomic E-state index is 5.70. The summed E-state index contributed by atoms with van der Waals surface area (Å²) < 4.78 is 10.9. The highest BCUT2D eigenvalue weighted by molar-refractivity contribution is 5.13. The van der Waals surface area contributed by atoms with Gasteiger partial charge in [0.25, 0.3) is 0 Å². The van der Waals surface area contributed by atoms with Crippen LogP contribution in [0.2, 0.25) is 0 Å². The van der Waals surface area contributed by atoms with Crippen molar-refractivity contribution in [3.63, 3.8) is 0 Å². The SMILES string of the molecule is c1ccc(COCCCCCCCCCCC2CO2)cc1. The van der Waals surface area contributed by atoms with E-state index in [4.69, 9.17) is 9.47 Å². The van der Waals surface area contributed by atoms with Crippen LogP contribution in [0.15, 0.2) is 30.3 Å². The number of benzene rings is 1. The standard InChI is InChI=1S/C19H30O2/c1(3-5-10-14-19-17-21-19)2-4-6-11-15-20-16-18-12-8-7-9-13-18/h7-9,12-13,19H,1-6,10-11,14-17H2. The molecule has 2 rings (SSSR count). The molecular weight excluding hydrogens is 260 g/mol. The molecule has 21 heavy (non-hydrogen) atoms. The van der Waals surface area contributed by atoms with Crippen molar-refractivity contribution >= 4 is 0 Å². The van der Waals surface area contributed by atoms with E-state index in [1.807, 2.05) is 6.07 Å². The Labute approximate surface area is 129 Å². The second-order valence-electron chi connectivity index (χ2n) is 6.11. The van der Waals surface area contributed by atoms with E-state index in [-0.39, 0.29) is 0 Å². The van der Waals surface area contributed by atoms with E-state index in [2.05, 4.69) is 24.3 Å². The lowest BCUT2D eigenvalue weighted by Gasteiger charge is -2.04. The first-order valence-corrected chi connectivity index (χ1v) is 8.68. The zero-order valence-corrected chi connectivity index (χ0v) is 13.3. The summed E-state index contributed by atoms with van der Waals surface area (Å²) in [4.78, 5) is 0. The molecule has 1 aromatic rings. The average Bonchev–Trinajstić information content (AvgIpc) is 3.34. The van der Waals surface area contributed by atoms with E-state index in [0.29, 0.717) is 6.10 Å². The number of epoxide rings is 1. The van der Waals surface area contributed by atoms with Crippen LogP contribution in [-0.4, -0.2) is 19.3 Å². The average molecular weight is 290 g/mol. The first kappa shape index (κ1) is 16.5. The molecule has 0 radical (unpaired) electrons. The van der Waals surface area contributed by atoms with Gasteiger partial charge in [0.2, 0.25) is 0 Å². The highest BCUT2D eigenvalue weighted by atomic mass is 16.6. The monoisotopic (exact) mass is 290 g/mol. The van der Waals surface area contributed by atoms with Gasteiger partial charge in [-0.1, -0.05) is 75.3 Å². The lowest BCUT2D eigenvalue weighted by atomic mass is 10.1. The second-order valence-corrected chi connectivity index (χ2v) is 6.11. The van der Waals surface area contributed by atoms with Crippen molar-refractivity contribution in [2.75, 3.05) is 13.2 Å². The maximum absolute atomic E-state index is 5.70. The second kappa shape index (κ2) is 10.8. The summed E-state index contributed by atoms with van der Waals surface area (Å²) >= 11 is 0. The zero-order valence-electron chi connectivity index (χ0n) is 13.3. The summed E-state index contributed by atoms with van der Waals surface area (Å²) in [5, 5.41) is 0. The Morgan fingerprint density at radius 1 is 0.857 bits per heavy atom. The van der Waals surface area contributed by atoms with Crippen LogP contribution in [-0.2, 0) is 16.1 Å². The van der Waals surface area contributed by atoms with Crippen LogP contribution in [0.1, 0.15) is 63.4 Å². The molecule has 0 spiro atoms. The van der Waals surface area contributed by atoms with Gasteiger partial charge in [-0.2, -0.15) is 0 Å². The molecule has 0 amide bonds. The van der Waals surface area contributed by atoms with Crippen LogP contribution >= 0.6 is 0 Å². The predicted molar refractivity (Wildman–Crippen MR) is 87.4 cm³/mol. The van der Waals surface area contributed by atoms with E-state index < -0.39 is 0 Å². The van der Waals surface area contributed by atoms with Crippen LogP contribution in [0.5, 0.6) is 0 Å². The van der Waals surface area contributed by atoms with E-state index in [0.717, 1.165) is 19.8 Å². The van der Waals surface area contributed by atoms with Gasteiger partial charge in [-0.15, -0.1) is 0 Å². The fourth-order valence-electron chi connectivity index (χ4n) is 2.64. The molecule has 2 nitrogen and oxygen atoms in total. The van der Waals surface area contributed by atoms with Crippen molar-refractivity contribution in [3.8, 4) is 0 Å². The molecule has 0 saturated carbocycles. The molecule has 1 aliphatic heterocycles. The topological polar surface area (TPSA) is 21.8 Å². The van der Waals surface area contributed by atoms with Crippen molar-refractivity contribution in [1.82, 2.24) is 0 Å². The highest BCUT2D eigenvalue weighted by Crippen LogP contribution is 2.18. The van der Waals surface area contributed by atoms with E-state index >= 15 is 0 Å². The fraction of sp³-hybridized carbons (Fsp3) is 0.684. The van der Waals surface area contributed by atoms with Gasteiger partial charge in [0, 0.05) is 6.61 Å². The van der Waals surface area contributed by atoms with Crippen LogP contribution < -0.4 is 0 Å². The number of rotatable bonds is 13. The Kier molecular flexibility index (Phi) is 8.50. The maximum Gasteiger partial charge on any atom is 0.0810 e. The third-order valence-corrected chi connectivity index (χ3v) is 4.08. The first-order chi connectivity index (χ1) is 10.4. The van der Waals surface area contributed by atoms with Gasteiger partial charge in [-0.3, -0.25) is 0 Å². The summed E-state index contributed by atoms with van der Waals surface area (Å²) in [5.74, 6) is 0. The van der Waals surface area contributed by atoms with Crippen LogP contribution in [0.25, 0.3) is 0 Å². The molecule has 1 unspecified atom stereocenters. The molecule has 1 fully saturated rings. The largest absolute Gasteiger partial charge is 0.377 e. The third-order valence-electron chi connectivity index (χ3n) is 4.08. The van der Waals surface area contributed by atoms with E-state index in [1.165, 1.54) is 63.4 Å². The van der Waals surface area contributed by atoms with Gasteiger partial charge in [0.05, 0.1) is 19.3 Å². The van der Waals surface area contributed by atoms with E-state index in [9.17, 15) is 0 Å². The van der Waals surface area contributed by atoms with Crippen LogP contribution in [0.4, 0.5) is 0 Å². The molecular formula is C19H30O2. The molecule has 1 saturated heterocycles. The molecule has 1 aliphatic rings. The summed E-state index contributed by atoms with van der Waals surface area (Å²) in [6.45, 7) is 2.67. The summed E-state index contributed by atoms with van der Waals surface area (Å²) in [7, 11) is 0. The highest BCUT2D eigenvalue weighted by Gasteiger charge is 2.20. The molecule has 2 heteroatoms. The first-order valence-electron chi connectivity index (χ1n) is 8.68. The number of hydrogen-bond donors (Lipinski definition) is 0. The normalized spacial score (nSPS) is 17.0. The molecule has 1 heterocycles. The van der Waals surface area contributed by atoms with Gasteiger partial charge in [-0.25, -0.2) is 0 Å². The fourth-order valence-corrected chi connectivity index (χ4v) is 2.64. The number of unbranched alkanes of at least 4 members (excludes halogenated alkanes) is 7. The van der Waals surface area contributed by atoms with Crippen molar-refractivity contribution in [2.24, 2.45) is 0 Å². The van der Waals surface area contributed by atoms with Crippen LogP contribution in [0, 0.1) is 0 Å². The molecule has 0 aliphatic carbocycles. The molecule has 1 atom stereocenters. The lowest BCUT2D eigenvalue weighted by molar-refractivity contribution is 0.116. The Balaban J connectivity index is 1.27. The van der Waals surface area contributed by atoms with Gasteiger partial charge in [0.15, 0.2) is 0 Å². The Morgan fingerprint density at radius 3 is 2.14 bits per heavy atom. The molecule has 118 valence electrons. The van der Waals surface area contributed by atoms with Crippen LogP contribution in [0.3, 0.4) is 0 Å². The van der Waals surface area contributed by atoms with Crippen molar-refractivity contribution in [3.05, 3.63) is 35.9 Å². The van der Waals surface area contributed by atoms with Gasteiger partial charge >= 0.3 is 0 Å². The number of ether oxygens (including phenoxy) is 2. The Hall–Kier alpha value is -0.860. The predicted octanol–water partition coefficient (Wildman–Crippen LogP) is 5.11. The lowest BCUT2D eigenvalue weighted by Crippen LogP contribution is -1.95. The summed E-state index contributed by atoms with van der Waals surface area (Å²) in [6, 6.07) is 10.4. The minimum atomic E-state index is 0.626. The summed E-state index contributed by atoms with van der Waals surface area (Å²) in [6.07, 6.45) is 12.7. The smallest absolute Gasteiger partial charge is 0.0810 e. The molecule has 0 aromatic heterocycles. The Bertz CT molecular complexity index is 346. The van der Waals surface area contributed by atoms with Gasteiger partial charge in [0.1, 0.15) is 0 Å². The molecule has 1 aromatic carbocycles. The number of hydrogen-bond acceptors (Lipinski definition) is 2. The zero-order chi connectivity index (χ0) is 14.6. The van der Waals surface area contributed by atoms with Gasteiger partial charge in [-0.05, 0) is 18.4 Å². The van der Waals surface area contributed by atoms with Crippen molar-refractivity contribution < 1.29 is 9.47 Å². The van der Waals surface area contributed by atoms with E-state index in [1.54, 1.807) is 0 Å². The third kappa shape index (κ3) is 8.90. The Morgan fingerprint density at radius 2 is 1.48 bits per heavy atom.